The molecular formula is C36H38FN3O8. The number of aryl methyl sites for hydroxylation is 2. The third-order valence-corrected chi connectivity index (χ3v) is 7.42. The van der Waals surface area contributed by atoms with Crippen molar-refractivity contribution in [3.63, 3.8) is 0 Å². The Kier molecular flexibility index (Phi) is 12.1. The largest absolute Gasteiger partial charge is 0.478 e. The molecule has 0 amide bonds. The third-order valence-electron chi connectivity index (χ3n) is 7.42. The number of carbonyl (C=O) groups is 2. The highest BCUT2D eigenvalue weighted by Gasteiger charge is 2.24. The zero-order valence-electron chi connectivity index (χ0n) is 27.6. The molecule has 4 aromatic carbocycles. The number of benzene rings is 4. The predicted molar refractivity (Wildman–Crippen MR) is 182 cm³/mol. The van der Waals surface area contributed by atoms with E-state index in [0.717, 1.165) is 12.1 Å². The van der Waals surface area contributed by atoms with E-state index < -0.39 is 28.4 Å². The number of hydrogen-bond acceptors (Lipinski definition) is 7. The van der Waals surface area contributed by atoms with E-state index in [1.165, 1.54) is 18.2 Å². The minimum Gasteiger partial charge on any atom is -0.478 e. The molecule has 11 nitrogen and oxygen atoms in total. The Labute approximate surface area is 277 Å². The summed E-state index contributed by atoms with van der Waals surface area (Å²) >= 11 is 0. The summed E-state index contributed by atoms with van der Waals surface area (Å²) in [5.41, 5.74) is 2.89. The summed E-state index contributed by atoms with van der Waals surface area (Å²) in [5, 5.41) is 41.4. The van der Waals surface area contributed by atoms with Crippen LogP contribution in [0.15, 0.2) is 72.8 Å². The fraction of sp³-hybridized carbons (Fsp3) is 0.278. The van der Waals surface area contributed by atoms with Gasteiger partial charge in [-0.25, -0.2) is 9.59 Å². The molecule has 0 saturated carbocycles. The maximum absolute atomic E-state index is 13.3. The molecule has 0 atom stereocenters. The number of hydrogen-bond donors (Lipinski definition) is 2. The molecule has 4 rings (SSSR count). The van der Waals surface area contributed by atoms with Crippen LogP contribution in [0.3, 0.4) is 0 Å². The van der Waals surface area contributed by atoms with Gasteiger partial charge in [-0.2, -0.15) is 4.39 Å². The van der Waals surface area contributed by atoms with Crippen molar-refractivity contribution in [2.45, 2.75) is 41.5 Å². The molecule has 0 aliphatic carbocycles. The average molecular weight is 660 g/mol. The molecule has 0 bridgehead atoms. The van der Waals surface area contributed by atoms with Crippen molar-refractivity contribution in [1.29, 1.82) is 0 Å². The Morgan fingerprint density at radius 2 is 1.12 bits per heavy atom. The Morgan fingerprint density at radius 1 is 0.708 bits per heavy atom. The monoisotopic (exact) mass is 659 g/mol. The van der Waals surface area contributed by atoms with Gasteiger partial charge in [0, 0.05) is 25.2 Å². The molecule has 48 heavy (non-hydrogen) atoms. The molecule has 0 saturated heterocycles. The third kappa shape index (κ3) is 8.78. The fourth-order valence-corrected chi connectivity index (χ4v) is 5.46. The molecule has 0 aliphatic rings. The number of nitro benzene ring substituents is 2. The minimum atomic E-state index is -1.13. The van der Waals surface area contributed by atoms with Crippen LogP contribution in [-0.2, 0) is 0 Å². The van der Waals surface area contributed by atoms with Crippen molar-refractivity contribution in [3.8, 4) is 22.3 Å². The Morgan fingerprint density at radius 3 is 1.52 bits per heavy atom. The van der Waals surface area contributed by atoms with E-state index in [9.17, 15) is 44.4 Å². The van der Waals surface area contributed by atoms with Crippen molar-refractivity contribution in [2.75, 3.05) is 18.0 Å². The highest BCUT2D eigenvalue weighted by Crippen LogP contribution is 2.36. The first-order valence-electron chi connectivity index (χ1n) is 15.2. The number of anilines is 1. The average Bonchev–Trinajstić information content (AvgIpc) is 2.99. The lowest BCUT2D eigenvalue weighted by Crippen LogP contribution is -2.31. The summed E-state index contributed by atoms with van der Waals surface area (Å²) in [6, 6.07) is 18.3. The van der Waals surface area contributed by atoms with Crippen LogP contribution in [0.2, 0.25) is 0 Å². The smallest absolute Gasteiger partial charge is 0.336 e. The number of nitro groups is 2. The molecule has 0 radical (unpaired) electrons. The quantitative estimate of drug-likeness (QED) is 0.118. The van der Waals surface area contributed by atoms with E-state index in [4.69, 9.17) is 0 Å². The van der Waals surface area contributed by atoms with Gasteiger partial charge in [-0.1, -0.05) is 76.2 Å². The Bertz CT molecular complexity index is 1850. The zero-order valence-corrected chi connectivity index (χ0v) is 27.6. The van der Waals surface area contributed by atoms with Crippen molar-refractivity contribution in [2.24, 2.45) is 11.8 Å². The second-order valence-electron chi connectivity index (χ2n) is 12.2. The number of carboxylic acid groups (broad SMARTS) is 2. The van der Waals surface area contributed by atoms with E-state index in [-0.39, 0.29) is 21.7 Å². The summed E-state index contributed by atoms with van der Waals surface area (Å²) in [5.74, 6) is -2.42. The van der Waals surface area contributed by atoms with Gasteiger partial charge in [0.15, 0.2) is 0 Å². The van der Waals surface area contributed by atoms with Crippen LogP contribution in [-0.4, -0.2) is 45.1 Å². The van der Waals surface area contributed by atoms with Gasteiger partial charge in [0.25, 0.3) is 5.69 Å². The topological polar surface area (TPSA) is 164 Å². The summed E-state index contributed by atoms with van der Waals surface area (Å²) in [6.07, 6.45) is 0. The first-order valence-corrected chi connectivity index (χ1v) is 15.2. The molecule has 4 aromatic rings. The number of aromatic carboxylic acids is 2. The molecular weight excluding hydrogens is 621 g/mol. The van der Waals surface area contributed by atoms with E-state index in [1.54, 1.807) is 56.3 Å². The summed E-state index contributed by atoms with van der Waals surface area (Å²) in [6.45, 7) is 13.1. The number of rotatable bonds is 11. The van der Waals surface area contributed by atoms with Gasteiger partial charge in [0.05, 0.1) is 21.0 Å². The zero-order chi connectivity index (χ0) is 35.9. The number of nitrogens with zero attached hydrogens (tertiary/aromatic N) is 3. The second-order valence-corrected chi connectivity index (χ2v) is 12.2. The minimum absolute atomic E-state index is 0.00311. The van der Waals surface area contributed by atoms with E-state index in [2.05, 4.69) is 27.7 Å². The SMILES string of the molecule is Cc1cccc(-c2ccc(F)c([N+](=O)[O-])c2)c1C(=O)O.Cc1cccc(-c2ccc(N(CC(C)C)CC(C)C)c([N+](=O)[O-])c2)c1C(=O)O. The number of carboxylic acids is 2. The lowest BCUT2D eigenvalue weighted by atomic mass is 9.95. The van der Waals surface area contributed by atoms with Crippen LogP contribution in [0.5, 0.6) is 0 Å². The molecule has 0 aliphatic heterocycles. The fourth-order valence-electron chi connectivity index (χ4n) is 5.46. The molecule has 2 N–H and O–H groups in total. The standard InChI is InChI=1S/C22H28N2O4.C14H10FNO4/c1-14(2)12-23(13-15(3)4)19-10-9-17(11-20(19)24(27)28)18-8-6-7-16(5)21(18)22(25)26;1-8-3-2-4-10(13(8)14(17)18)9-5-6-11(15)12(7-9)16(19)20/h6-11,14-15H,12-13H2,1-5H3,(H,25,26);2-7H,1H3,(H,17,18). The van der Waals surface area contributed by atoms with Gasteiger partial charge < -0.3 is 15.1 Å². The molecule has 0 aromatic heterocycles. The van der Waals surface area contributed by atoms with Gasteiger partial charge >= 0.3 is 17.6 Å². The summed E-state index contributed by atoms with van der Waals surface area (Å²) in [4.78, 5) is 46.4. The predicted octanol–water partition coefficient (Wildman–Crippen LogP) is 8.79. The molecule has 0 heterocycles. The summed E-state index contributed by atoms with van der Waals surface area (Å²) < 4.78 is 13.3. The lowest BCUT2D eigenvalue weighted by molar-refractivity contribution is -0.387. The second kappa shape index (κ2) is 15.8. The van der Waals surface area contributed by atoms with Crippen molar-refractivity contribution in [1.82, 2.24) is 0 Å². The highest BCUT2D eigenvalue weighted by molar-refractivity contribution is 5.98. The Balaban J connectivity index is 0.000000275. The maximum Gasteiger partial charge on any atom is 0.336 e. The van der Waals surface area contributed by atoms with E-state index in [0.29, 0.717) is 64.0 Å². The van der Waals surface area contributed by atoms with E-state index in [1.807, 2.05) is 4.90 Å². The van der Waals surface area contributed by atoms with Gasteiger partial charge in [0.2, 0.25) is 5.82 Å². The Hall–Kier alpha value is -5.65. The molecule has 0 spiro atoms. The number of halogens is 1. The molecule has 12 heteroatoms. The first kappa shape index (κ1) is 36.8. The van der Waals surface area contributed by atoms with Gasteiger partial charge in [-0.3, -0.25) is 20.2 Å². The van der Waals surface area contributed by atoms with Gasteiger partial charge in [-0.15, -0.1) is 0 Å². The van der Waals surface area contributed by atoms with Crippen LogP contribution in [0.25, 0.3) is 22.3 Å². The first-order chi connectivity index (χ1) is 22.5. The maximum atomic E-state index is 13.3. The van der Waals surface area contributed by atoms with Crippen LogP contribution in [0, 0.1) is 51.7 Å². The summed E-state index contributed by atoms with van der Waals surface area (Å²) in [7, 11) is 0. The highest BCUT2D eigenvalue weighted by atomic mass is 19.1. The molecule has 0 unspecified atom stereocenters. The molecule has 0 fully saturated rings. The van der Waals surface area contributed by atoms with Crippen molar-refractivity contribution in [3.05, 3.63) is 121 Å². The normalized spacial score (nSPS) is 10.8. The van der Waals surface area contributed by atoms with Crippen LogP contribution in [0.1, 0.15) is 59.5 Å². The van der Waals surface area contributed by atoms with Crippen LogP contribution >= 0.6 is 0 Å². The van der Waals surface area contributed by atoms with Crippen molar-refractivity contribution < 1.29 is 34.0 Å². The van der Waals surface area contributed by atoms with E-state index >= 15 is 0 Å². The lowest BCUT2D eigenvalue weighted by Gasteiger charge is -2.28. The van der Waals surface area contributed by atoms with Crippen LogP contribution in [0.4, 0.5) is 21.5 Å². The van der Waals surface area contributed by atoms with Gasteiger partial charge in [-0.05, 0) is 71.2 Å². The van der Waals surface area contributed by atoms with Crippen molar-refractivity contribution >= 4 is 29.0 Å². The molecule has 252 valence electrons. The van der Waals surface area contributed by atoms with Gasteiger partial charge in [0.1, 0.15) is 5.69 Å². The van der Waals surface area contributed by atoms with Crippen LogP contribution < -0.4 is 4.90 Å².